The topological polar surface area (TPSA) is 24.4 Å². The number of rotatable bonds is 0. The first-order chi connectivity index (χ1) is 4.70. The zero-order chi connectivity index (χ0) is 7.56. The van der Waals surface area contributed by atoms with Crippen LogP contribution < -0.4 is 5.32 Å². The molecule has 2 nitrogen and oxygen atoms in total. The highest BCUT2D eigenvalue weighted by molar-refractivity contribution is 5.79. The van der Waals surface area contributed by atoms with Crippen LogP contribution in [0.25, 0.3) is 0 Å². The summed E-state index contributed by atoms with van der Waals surface area (Å²) in [5.74, 6) is 0.614. The molecule has 1 rings (SSSR count). The third kappa shape index (κ3) is 1.65. The van der Waals surface area contributed by atoms with E-state index in [2.05, 4.69) is 10.3 Å². The quantitative estimate of drug-likeness (QED) is 0.537. The van der Waals surface area contributed by atoms with E-state index in [1.807, 2.05) is 0 Å². The third-order valence-corrected chi connectivity index (χ3v) is 1.45. The number of hydrogen-bond acceptors (Lipinski definition) is 2. The van der Waals surface area contributed by atoms with Gasteiger partial charge in [0.05, 0.1) is 18.9 Å². The van der Waals surface area contributed by atoms with Crippen molar-refractivity contribution < 1.29 is 8.78 Å². The van der Waals surface area contributed by atoms with E-state index in [0.717, 1.165) is 0 Å². The Kier molecular flexibility index (Phi) is 2.19. The predicted molar refractivity (Wildman–Crippen MR) is 35.8 cm³/mol. The van der Waals surface area contributed by atoms with Crippen LogP contribution in [0.2, 0.25) is 0 Å². The Bertz CT molecular complexity index is 147. The highest BCUT2D eigenvalue weighted by atomic mass is 19.2. The average Bonchev–Trinajstić information content (AvgIpc) is 2.04. The third-order valence-electron chi connectivity index (χ3n) is 1.45. The summed E-state index contributed by atoms with van der Waals surface area (Å²) in [6.07, 6.45) is -2.86. The standard InChI is InChI=1S/C6H10F2N2/c1-4-9-2-5(7)6(8)3-10-4/h5-6H,2-3H2,1H3,(H,9,10). The number of hydrogen-bond donors (Lipinski definition) is 1. The van der Waals surface area contributed by atoms with Crippen molar-refractivity contribution in [3.63, 3.8) is 0 Å². The molecule has 10 heavy (non-hydrogen) atoms. The van der Waals surface area contributed by atoms with E-state index in [-0.39, 0.29) is 13.1 Å². The Morgan fingerprint density at radius 2 is 2.20 bits per heavy atom. The summed E-state index contributed by atoms with van der Waals surface area (Å²) >= 11 is 0. The van der Waals surface area contributed by atoms with Gasteiger partial charge in [-0.05, 0) is 6.92 Å². The van der Waals surface area contributed by atoms with Gasteiger partial charge in [-0.1, -0.05) is 0 Å². The van der Waals surface area contributed by atoms with Crippen molar-refractivity contribution >= 4 is 5.84 Å². The fraction of sp³-hybridized carbons (Fsp3) is 0.833. The Morgan fingerprint density at radius 3 is 2.90 bits per heavy atom. The van der Waals surface area contributed by atoms with Gasteiger partial charge < -0.3 is 5.32 Å². The van der Waals surface area contributed by atoms with E-state index in [0.29, 0.717) is 5.84 Å². The van der Waals surface area contributed by atoms with Crippen molar-refractivity contribution in [2.24, 2.45) is 4.99 Å². The predicted octanol–water partition coefficient (Wildman–Crippen LogP) is 0.684. The van der Waals surface area contributed by atoms with Crippen LogP contribution in [-0.2, 0) is 0 Å². The van der Waals surface area contributed by atoms with Crippen molar-refractivity contribution in [1.82, 2.24) is 5.32 Å². The van der Waals surface area contributed by atoms with Gasteiger partial charge in [-0.2, -0.15) is 0 Å². The van der Waals surface area contributed by atoms with Crippen LogP contribution >= 0.6 is 0 Å². The van der Waals surface area contributed by atoms with Crippen LogP contribution in [0.4, 0.5) is 8.78 Å². The summed E-state index contributed by atoms with van der Waals surface area (Å²) in [7, 11) is 0. The lowest BCUT2D eigenvalue weighted by molar-refractivity contribution is 0.179. The largest absolute Gasteiger partial charge is 0.371 e. The van der Waals surface area contributed by atoms with Crippen LogP contribution in [0.5, 0.6) is 0 Å². The molecule has 4 heteroatoms. The normalized spacial score (nSPS) is 34.1. The smallest absolute Gasteiger partial charge is 0.152 e. The summed E-state index contributed by atoms with van der Waals surface area (Å²) in [5.41, 5.74) is 0. The van der Waals surface area contributed by atoms with E-state index in [9.17, 15) is 8.78 Å². The summed E-state index contributed by atoms with van der Waals surface area (Å²) < 4.78 is 25.0. The summed E-state index contributed by atoms with van der Waals surface area (Å²) in [4.78, 5) is 3.75. The molecule has 0 saturated heterocycles. The Labute approximate surface area is 58.3 Å². The lowest BCUT2D eigenvalue weighted by Crippen LogP contribution is -2.30. The minimum Gasteiger partial charge on any atom is -0.371 e. The summed E-state index contributed by atoms with van der Waals surface area (Å²) in [6, 6.07) is 0. The van der Waals surface area contributed by atoms with Crippen LogP contribution in [-0.4, -0.2) is 31.3 Å². The van der Waals surface area contributed by atoms with Gasteiger partial charge in [-0.25, -0.2) is 8.78 Å². The van der Waals surface area contributed by atoms with Gasteiger partial charge >= 0.3 is 0 Å². The molecule has 58 valence electrons. The van der Waals surface area contributed by atoms with Crippen molar-refractivity contribution in [2.75, 3.05) is 13.1 Å². The number of aliphatic imine (C=N–C) groups is 1. The fourth-order valence-corrected chi connectivity index (χ4v) is 0.768. The van der Waals surface area contributed by atoms with Crippen molar-refractivity contribution in [3.8, 4) is 0 Å². The number of nitrogens with zero attached hydrogens (tertiary/aromatic N) is 1. The van der Waals surface area contributed by atoms with E-state index >= 15 is 0 Å². The molecule has 0 bridgehead atoms. The van der Waals surface area contributed by atoms with Gasteiger partial charge in [0.2, 0.25) is 0 Å². The molecule has 0 saturated carbocycles. The Balaban J connectivity index is 2.52. The molecule has 0 amide bonds. The molecule has 0 aromatic rings. The first kappa shape index (κ1) is 7.44. The van der Waals surface area contributed by atoms with Crippen LogP contribution in [0.15, 0.2) is 4.99 Å². The monoisotopic (exact) mass is 148 g/mol. The average molecular weight is 148 g/mol. The van der Waals surface area contributed by atoms with E-state index in [1.54, 1.807) is 6.92 Å². The zero-order valence-electron chi connectivity index (χ0n) is 5.77. The van der Waals surface area contributed by atoms with E-state index in [1.165, 1.54) is 0 Å². The summed E-state index contributed by atoms with van der Waals surface area (Å²) in [6.45, 7) is 1.68. The lowest BCUT2D eigenvalue weighted by Gasteiger charge is -2.07. The van der Waals surface area contributed by atoms with Crippen LogP contribution in [0.3, 0.4) is 0 Å². The first-order valence-electron chi connectivity index (χ1n) is 3.23. The molecule has 0 fully saturated rings. The number of halogens is 2. The molecule has 0 aromatic carbocycles. The molecular formula is C6H10F2N2. The van der Waals surface area contributed by atoms with E-state index < -0.39 is 12.3 Å². The molecule has 0 aliphatic carbocycles. The maximum absolute atomic E-state index is 12.5. The molecule has 1 heterocycles. The van der Waals surface area contributed by atoms with Crippen LogP contribution in [0, 0.1) is 0 Å². The van der Waals surface area contributed by atoms with Gasteiger partial charge in [0.1, 0.15) is 0 Å². The number of alkyl halides is 2. The maximum atomic E-state index is 12.5. The second-order valence-electron chi connectivity index (χ2n) is 2.34. The van der Waals surface area contributed by atoms with Gasteiger partial charge in [0.15, 0.2) is 12.3 Å². The van der Waals surface area contributed by atoms with Gasteiger partial charge in [0.25, 0.3) is 0 Å². The summed E-state index contributed by atoms with van der Waals surface area (Å²) in [5, 5.41) is 2.66. The van der Waals surface area contributed by atoms with Crippen molar-refractivity contribution in [3.05, 3.63) is 0 Å². The van der Waals surface area contributed by atoms with Crippen molar-refractivity contribution in [1.29, 1.82) is 0 Å². The molecule has 0 aromatic heterocycles. The molecule has 0 spiro atoms. The Morgan fingerprint density at radius 1 is 1.50 bits per heavy atom. The minimum atomic E-state index is -1.44. The minimum absolute atomic E-state index is 0.0382. The number of nitrogens with one attached hydrogen (secondary N) is 1. The fourth-order valence-electron chi connectivity index (χ4n) is 0.768. The molecule has 2 atom stereocenters. The van der Waals surface area contributed by atoms with Crippen molar-refractivity contribution in [2.45, 2.75) is 19.3 Å². The molecular weight excluding hydrogens is 138 g/mol. The van der Waals surface area contributed by atoms with Gasteiger partial charge in [-0.15, -0.1) is 0 Å². The highest BCUT2D eigenvalue weighted by Gasteiger charge is 2.21. The van der Waals surface area contributed by atoms with E-state index in [4.69, 9.17) is 0 Å². The SMILES string of the molecule is CC1=NCC(F)C(F)CN1. The second-order valence-corrected chi connectivity index (χ2v) is 2.34. The van der Waals surface area contributed by atoms with Gasteiger partial charge in [0, 0.05) is 0 Å². The first-order valence-corrected chi connectivity index (χ1v) is 3.23. The zero-order valence-corrected chi connectivity index (χ0v) is 5.77. The molecule has 2 unspecified atom stereocenters. The number of amidine groups is 1. The molecule has 1 aliphatic rings. The second kappa shape index (κ2) is 2.94. The van der Waals surface area contributed by atoms with Crippen LogP contribution in [0.1, 0.15) is 6.92 Å². The molecule has 1 N–H and O–H groups in total. The van der Waals surface area contributed by atoms with Gasteiger partial charge in [-0.3, -0.25) is 4.99 Å². The highest BCUT2D eigenvalue weighted by Crippen LogP contribution is 2.05. The molecule has 1 aliphatic heterocycles. The Hall–Kier alpha value is -0.670. The molecule has 0 radical (unpaired) electrons. The lowest BCUT2D eigenvalue weighted by atomic mass is 10.2. The maximum Gasteiger partial charge on any atom is 0.152 e.